The van der Waals surface area contributed by atoms with Crippen molar-refractivity contribution in [3.8, 4) is 0 Å². The van der Waals surface area contributed by atoms with Crippen LogP contribution in [0.3, 0.4) is 0 Å². The third-order valence-electron chi connectivity index (χ3n) is 5.28. The van der Waals surface area contributed by atoms with Crippen molar-refractivity contribution >= 4 is 16.1 Å². The normalized spacial score (nSPS) is 14.6. The van der Waals surface area contributed by atoms with Crippen molar-refractivity contribution in [2.75, 3.05) is 25.4 Å². The van der Waals surface area contributed by atoms with Gasteiger partial charge in [-0.1, -0.05) is 33.3 Å². The van der Waals surface area contributed by atoms with Gasteiger partial charge in [0.25, 0.3) is 10.1 Å². The molecule has 1 N–H and O–H groups in total. The van der Waals surface area contributed by atoms with E-state index in [1.807, 2.05) is 6.92 Å². The van der Waals surface area contributed by atoms with Crippen LogP contribution in [0.5, 0.6) is 0 Å². The van der Waals surface area contributed by atoms with E-state index in [2.05, 4.69) is 27.4 Å². The number of rotatable bonds is 15. The average molecular weight is 407 g/mol. The molecule has 0 heterocycles. The van der Waals surface area contributed by atoms with E-state index in [-0.39, 0.29) is 23.9 Å². The van der Waals surface area contributed by atoms with Gasteiger partial charge in [0.1, 0.15) is 6.10 Å². The molecule has 2 unspecified atom stereocenters. The van der Waals surface area contributed by atoms with Crippen molar-refractivity contribution in [2.24, 2.45) is 0 Å². The summed E-state index contributed by atoms with van der Waals surface area (Å²) >= 11 is 0. The smallest absolute Gasteiger partial charge is 0.333 e. The zero-order valence-corrected chi connectivity index (χ0v) is 18.7. The number of ether oxygens (including phenoxy) is 1. The first-order valence-corrected chi connectivity index (χ1v) is 11.8. The molecule has 0 aliphatic rings. The van der Waals surface area contributed by atoms with E-state index < -0.39 is 10.1 Å². The fourth-order valence-electron chi connectivity index (χ4n) is 3.32. The van der Waals surface area contributed by atoms with Gasteiger partial charge in [-0.3, -0.25) is 4.55 Å². The molecule has 0 spiro atoms. The molecule has 0 aromatic carbocycles. The Balaban J connectivity index is 5.25. The minimum Gasteiger partial charge on any atom is -0.459 e. The first kappa shape index (κ1) is 26.1. The Hall–Kier alpha value is -0.920. The lowest BCUT2D eigenvalue weighted by molar-refractivity contribution is -0.950. The van der Waals surface area contributed by atoms with Crippen LogP contribution in [0.2, 0.25) is 0 Å². The Morgan fingerprint density at radius 3 is 2.00 bits per heavy atom. The van der Waals surface area contributed by atoms with Crippen LogP contribution in [0.15, 0.2) is 12.2 Å². The standard InChI is InChI=1S/C20H39NO5S/c1-7-9-13-21(14-10-8-2,18(5)12-16-27(23,24)25)15-11-19(6)26-20(22)17(3)4/h18-19H,3,7-16H2,1-2,4-6H3/p+1. The Morgan fingerprint density at radius 1 is 1.07 bits per heavy atom. The van der Waals surface area contributed by atoms with E-state index in [4.69, 9.17) is 9.29 Å². The van der Waals surface area contributed by atoms with E-state index in [0.29, 0.717) is 18.4 Å². The second-order valence-electron chi connectivity index (χ2n) is 7.81. The highest BCUT2D eigenvalue weighted by molar-refractivity contribution is 7.85. The number of nitrogens with zero attached hydrogens (tertiary/aromatic N) is 1. The number of quaternary nitrogens is 1. The summed E-state index contributed by atoms with van der Waals surface area (Å²) in [5.74, 6) is -0.589. The van der Waals surface area contributed by atoms with Crippen LogP contribution in [0.1, 0.15) is 73.1 Å². The molecule has 7 heteroatoms. The molecule has 0 fully saturated rings. The number of carbonyl (C=O) groups excluding carboxylic acids is 1. The molecule has 0 rings (SSSR count). The predicted molar refractivity (Wildman–Crippen MR) is 110 cm³/mol. The van der Waals surface area contributed by atoms with Crippen molar-refractivity contribution in [1.82, 2.24) is 0 Å². The van der Waals surface area contributed by atoms with Gasteiger partial charge in [0.15, 0.2) is 0 Å². The fourth-order valence-corrected chi connectivity index (χ4v) is 3.96. The zero-order valence-electron chi connectivity index (χ0n) is 17.9. The van der Waals surface area contributed by atoms with Crippen LogP contribution in [0.25, 0.3) is 0 Å². The van der Waals surface area contributed by atoms with Crippen molar-refractivity contribution in [2.45, 2.75) is 85.3 Å². The maximum absolute atomic E-state index is 11.7. The van der Waals surface area contributed by atoms with Crippen LogP contribution >= 0.6 is 0 Å². The minimum atomic E-state index is -3.97. The molecule has 160 valence electrons. The zero-order chi connectivity index (χ0) is 21.1. The molecule has 0 aliphatic heterocycles. The number of hydrogen-bond donors (Lipinski definition) is 1. The van der Waals surface area contributed by atoms with E-state index in [1.54, 1.807) is 6.92 Å². The first-order valence-electron chi connectivity index (χ1n) is 10.1. The maximum atomic E-state index is 11.7. The van der Waals surface area contributed by atoms with E-state index >= 15 is 0 Å². The molecule has 0 amide bonds. The largest absolute Gasteiger partial charge is 0.459 e. The third-order valence-corrected chi connectivity index (χ3v) is 6.03. The predicted octanol–water partition coefficient (Wildman–Crippen LogP) is 3.97. The molecule has 0 saturated carbocycles. The van der Waals surface area contributed by atoms with E-state index in [0.717, 1.165) is 49.8 Å². The van der Waals surface area contributed by atoms with Crippen molar-refractivity contribution in [3.05, 3.63) is 12.2 Å². The van der Waals surface area contributed by atoms with Gasteiger partial charge < -0.3 is 9.22 Å². The van der Waals surface area contributed by atoms with Gasteiger partial charge in [-0.15, -0.1) is 0 Å². The molecule has 27 heavy (non-hydrogen) atoms. The summed E-state index contributed by atoms with van der Waals surface area (Å²) in [5.41, 5.74) is 0.390. The summed E-state index contributed by atoms with van der Waals surface area (Å²) < 4.78 is 37.8. The van der Waals surface area contributed by atoms with Crippen molar-refractivity contribution in [1.29, 1.82) is 0 Å². The number of hydrogen-bond acceptors (Lipinski definition) is 4. The lowest BCUT2D eigenvalue weighted by Gasteiger charge is -2.44. The van der Waals surface area contributed by atoms with E-state index in [1.165, 1.54) is 0 Å². The molecule has 2 atom stereocenters. The number of carbonyl (C=O) groups is 1. The van der Waals surface area contributed by atoms with Crippen LogP contribution in [0, 0.1) is 0 Å². The number of esters is 1. The monoisotopic (exact) mass is 406 g/mol. The molecule has 0 radical (unpaired) electrons. The highest BCUT2D eigenvalue weighted by Gasteiger charge is 2.34. The molecule has 0 bridgehead atoms. The Kier molecular flexibility index (Phi) is 12.1. The molecule has 0 saturated heterocycles. The Bertz CT molecular complexity index is 551. The molecule has 0 aromatic rings. The SMILES string of the molecule is C=C(C)C(=O)OC(C)CC[N+](CCCC)(CCCC)C(C)CCS(=O)(=O)O. The van der Waals surface area contributed by atoms with Gasteiger partial charge in [-0.2, -0.15) is 8.42 Å². The van der Waals surface area contributed by atoms with Crippen LogP contribution in [-0.4, -0.2) is 61.0 Å². The highest BCUT2D eigenvalue weighted by Crippen LogP contribution is 2.23. The highest BCUT2D eigenvalue weighted by atomic mass is 32.2. The van der Waals surface area contributed by atoms with Gasteiger partial charge in [0, 0.05) is 18.4 Å². The van der Waals surface area contributed by atoms with Gasteiger partial charge >= 0.3 is 5.97 Å². The molecular weight excluding hydrogens is 366 g/mol. The molecular formula is C20H40NO5S+. The summed E-state index contributed by atoms with van der Waals surface area (Å²) in [5, 5.41) is 0. The Morgan fingerprint density at radius 2 is 1.59 bits per heavy atom. The molecule has 0 aliphatic carbocycles. The van der Waals surface area contributed by atoms with Crippen LogP contribution in [0.4, 0.5) is 0 Å². The summed E-state index contributed by atoms with van der Waals surface area (Å²) in [6.45, 7) is 16.2. The van der Waals surface area contributed by atoms with Crippen molar-refractivity contribution < 1.29 is 27.0 Å². The Labute approximate surface area is 166 Å². The summed E-state index contributed by atoms with van der Waals surface area (Å²) in [4.78, 5) is 11.7. The second-order valence-corrected chi connectivity index (χ2v) is 9.38. The summed E-state index contributed by atoms with van der Waals surface area (Å²) in [7, 11) is -3.97. The molecule has 0 aromatic heterocycles. The van der Waals surface area contributed by atoms with Gasteiger partial charge in [-0.05, 0) is 33.6 Å². The van der Waals surface area contributed by atoms with Gasteiger partial charge in [0.05, 0.1) is 31.4 Å². The summed E-state index contributed by atoms with van der Waals surface area (Å²) in [6, 6.07) is 0.106. The fraction of sp³-hybridized carbons (Fsp3) is 0.850. The van der Waals surface area contributed by atoms with Gasteiger partial charge in [-0.25, -0.2) is 4.79 Å². The van der Waals surface area contributed by atoms with Crippen LogP contribution < -0.4 is 0 Å². The topological polar surface area (TPSA) is 80.7 Å². The van der Waals surface area contributed by atoms with Crippen molar-refractivity contribution in [3.63, 3.8) is 0 Å². The molecule has 6 nitrogen and oxygen atoms in total. The summed E-state index contributed by atoms with van der Waals surface area (Å²) in [6.07, 6.45) is 5.16. The lowest BCUT2D eigenvalue weighted by atomic mass is 10.1. The quantitative estimate of drug-likeness (QED) is 0.193. The van der Waals surface area contributed by atoms with E-state index in [9.17, 15) is 13.2 Å². The van der Waals surface area contributed by atoms with Crippen LogP contribution in [-0.2, 0) is 19.6 Å². The third kappa shape index (κ3) is 10.9. The first-order chi connectivity index (χ1) is 12.5. The number of unbranched alkanes of at least 4 members (excludes halogenated alkanes) is 2. The lowest BCUT2D eigenvalue weighted by Crippen LogP contribution is -2.57. The second kappa shape index (κ2) is 12.5. The average Bonchev–Trinajstić information content (AvgIpc) is 2.58. The maximum Gasteiger partial charge on any atom is 0.333 e. The minimum absolute atomic E-state index is 0.106. The van der Waals surface area contributed by atoms with Gasteiger partial charge in [0.2, 0.25) is 0 Å².